The van der Waals surface area contributed by atoms with E-state index in [2.05, 4.69) is 10.0 Å². The number of carbonyl (C=O) groups is 2. The minimum absolute atomic E-state index is 0.125. The summed E-state index contributed by atoms with van der Waals surface area (Å²) in [7, 11) is 0. The van der Waals surface area contributed by atoms with E-state index in [0.717, 1.165) is 22.3 Å². The largest absolute Gasteiger partial charge is 0.370 e. The van der Waals surface area contributed by atoms with Gasteiger partial charge in [-0.05, 0) is 39.9 Å². The van der Waals surface area contributed by atoms with Crippen LogP contribution in [0.3, 0.4) is 0 Å². The maximum Gasteiger partial charge on any atom is 0.261 e. The Balaban J connectivity index is 1.35. The summed E-state index contributed by atoms with van der Waals surface area (Å²) in [6, 6.07) is 43.0. The van der Waals surface area contributed by atoms with E-state index < -0.39 is 48.3 Å². The van der Waals surface area contributed by atoms with Crippen LogP contribution in [0.2, 0.25) is 0 Å². The lowest BCUT2D eigenvalue weighted by Crippen LogP contribution is -2.70. The van der Waals surface area contributed by atoms with Gasteiger partial charge in [-0.3, -0.25) is 14.5 Å². The average Bonchev–Trinajstić information content (AvgIpc) is 3.45. The summed E-state index contributed by atoms with van der Waals surface area (Å²) < 4.78 is 27.0. The number of hydrogen-bond donors (Lipinski definition) is 0. The van der Waals surface area contributed by atoms with E-state index in [0.29, 0.717) is 0 Å². The summed E-state index contributed by atoms with van der Waals surface area (Å²) in [5.74, 6) is -1.02. The first kappa shape index (κ1) is 34.8. The van der Waals surface area contributed by atoms with Crippen LogP contribution in [-0.4, -0.2) is 53.2 Å². The lowest BCUT2D eigenvalue weighted by Gasteiger charge is -2.51. The number of ether oxygens (including phenoxy) is 4. The number of fused-ring (bicyclic) bond motifs is 1. The number of benzene rings is 5. The molecular formula is C42H38N4O6. The molecule has 1 aliphatic heterocycles. The van der Waals surface area contributed by atoms with Crippen molar-refractivity contribution in [2.45, 2.75) is 62.9 Å². The zero-order chi connectivity index (χ0) is 35.7. The van der Waals surface area contributed by atoms with Gasteiger partial charge in [-0.25, -0.2) is 0 Å². The van der Waals surface area contributed by atoms with Crippen molar-refractivity contribution in [2.24, 2.45) is 5.11 Å². The van der Waals surface area contributed by atoms with E-state index in [1.54, 1.807) is 24.3 Å². The molecule has 10 nitrogen and oxygen atoms in total. The van der Waals surface area contributed by atoms with Crippen LogP contribution in [0.15, 0.2) is 151 Å². The minimum atomic E-state index is -1.12. The Hall–Kier alpha value is -5.61. The fourth-order valence-electron chi connectivity index (χ4n) is 6.96. The van der Waals surface area contributed by atoms with Gasteiger partial charge in [-0.2, -0.15) is 0 Å². The lowest BCUT2D eigenvalue weighted by atomic mass is 9.80. The second kappa shape index (κ2) is 16.6. The van der Waals surface area contributed by atoms with Gasteiger partial charge in [0.25, 0.3) is 11.8 Å². The second-order valence-electron chi connectivity index (χ2n) is 12.8. The summed E-state index contributed by atoms with van der Waals surface area (Å²) >= 11 is 0. The average molecular weight is 695 g/mol. The number of rotatable bonds is 14. The summed E-state index contributed by atoms with van der Waals surface area (Å²) in [5.41, 5.74) is 14.2. The quantitative estimate of drug-likeness (QED) is 0.0509. The van der Waals surface area contributed by atoms with Gasteiger partial charge >= 0.3 is 0 Å². The molecule has 7 rings (SSSR count). The molecule has 6 atom stereocenters. The predicted octanol–water partition coefficient (Wildman–Crippen LogP) is 7.69. The van der Waals surface area contributed by atoms with Crippen molar-refractivity contribution >= 4 is 11.8 Å². The Morgan fingerprint density at radius 3 is 1.19 bits per heavy atom. The smallest absolute Gasteiger partial charge is 0.261 e. The van der Waals surface area contributed by atoms with Crippen LogP contribution in [0.5, 0.6) is 0 Å². The molecule has 10 heteroatoms. The number of amides is 2. The number of hydrogen-bond acceptors (Lipinski definition) is 7. The van der Waals surface area contributed by atoms with Crippen molar-refractivity contribution in [3.63, 3.8) is 0 Å². The topological polar surface area (TPSA) is 123 Å². The van der Waals surface area contributed by atoms with Crippen LogP contribution in [0.1, 0.15) is 43.0 Å². The van der Waals surface area contributed by atoms with Crippen LogP contribution in [0.25, 0.3) is 10.4 Å². The maximum atomic E-state index is 14.2. The van der Waals surface area contributed by atoms with Gasteiger partial charge in [0.1, 0.15) is 18.3 Å². The van der Waals surface area contributed by atoms with Gasteiger partial charge in [-0.15, -0.1) is 0 Å². The van der Waals surface area contributed by atoms with E-state index in [1.165, 1.54) is 4.90 Å². The molecule has 1 saturated carbocycles. The molecule has 2 aliphatic rings. The van der Waals surface area contributed by atoms with Crippen LogP contribution < -0.4 is 0 Å². The standard InChI is InChI=1S/C42H38N4O6/c43-45-44-35-36(46-41(47)33-23-13-14-24-34(33)42(46)48)38(50-26-30-17-7-2-8-18-30)40(52-28-32-21-11-4-12-22-32)39(51-27-31-19-9-3-10-20-31)37(35)49-25-29-15-5-1-6-16-29/h1-24,35-40H,25-28H2/t35-,36+,37+,38+,39-,40-/m1/s1. The zero-order valence-corrected chi connectivity index (χ0v) is 28.4. The normalized spacial score (nSPS) is 22.5. The van der Waals surface area contributed by atoms with Crippen molar-refractivity contribution in [3.8, 4) is 0 Å². The maximum absolute atomic E-state index is 14.2. The highest BCUT2D eigenvalue weighted by Gasteiger charge is 2.58. The third-order valence-electron chi connectivity index (χ3n) is 9.44. The van der Waals surface area contributed by atoms with Gasteiger partial charge in [0.05, 0.1) is 55.7 Å². The molecule has 5 aromatic rings. The predicted molar refractivity (Wildman–Crippen MR) is 194 cm³/mol. The fraction of sp³-hybridized carbons (Fsp3) is 0.238. The van der Waals surface area contributed by atoms with Gasteiger partial charge in [0.15, 0.2) is 0 Å². The molecule has 2 amide bonds. The van der Waals surface area contributed by atoms with Crippen molar-refractivity contribution in [1.82, 2.24) is 4.90 Å². The summed E-state index contributed by atoms with van der Waals surface area (Å²) in [6.07, 6.45) is -3.73. The van der Waals surface area contributed by atoms with Crippen LogP contribution >= 0.6 is 0 Å². The lowest BCUT2D eigenvalue weighted by molar-refractivity contribution is -0.232. The molecule has 1 aliphatic carbocycles. The number of carbonyl (C=O) groups excluding carboxylic acids is 2. The Kier molecular flexibility index (Phi) is 11.1. The Morgan fingerprint density at radius 2 is 0.808 bits per heavy atom. The van der Waals surface area contributed by atoms with E-state index in [4.69, 9.17) is 18.9 Å². The fourth-order valence-corrected chi connectivity index (χ4v) is 6.96. The number of azide groups is 1. The zero-order valence-electron chi connectivity index (χ0n) is 28.4. The van der Waals surface area contributed by atoms with E-state index >= 15 is 0 Å². The molecule has 262 valence electrons. The first-order valence-corrected chi connectivity index (χ1v) is 17.3. The van der Waals surface area contributed by atoms with E-state index in [9.17, 15) is 15.1 Å². The van der Waals surface area contributed by atoms with Crippen molar-refractivity contribution in [3.05, 3.63) is 189 Å². The van der Waals surface area contributed by atoms with Gasteiger partial charge < -0.3 is 18.9 Å². The highest BCUT2D eigenvalue weighted by Crippen LogP contribution is 2.39. The monoisotopic (exact) mass is 694 g/mol. The molecule has 0 saturated heterocycles. The van der Waals surface area contributed by atoms with Gasteiger partial charge in [0.2, 0.25) is 0 Å². The Labute approximate surface area is 302 Å². The summed E-state index contributed by atoms with van der Waals surface area (Å²) in [5, 5.41) is 4.29. The van der Waals surface area contributed by atoms with Crippen LogP contribution in [0.4, 0.5) is 0 Å². The van der Waals surface area contributed by atoms with Gasteiger partial charge in [0, 0.05) is 4.91 Å². The molecule has 0 unspecified atom stereocenters. The van der Waals surface area contributed by atoms with E-state index in [-0.39, 0.29) is 37.6 Å². The molecule has 52 heavy (non-hydrogen) atoms. The Bertz CT molecular complexity index is 1960. The number of imide groups is 1. The molecule has 1 heterocycles. The molecule has 0 bridgehead atoms. The molecular weight excluding hydrogens is 656 g/mol. The third kappa shape index (κ3) is 7.67. The molecule has 0 aromatic heterocycles. The minimum Gasteiger partial charge on any atom is -0.370 e. The molecule has 0 spiro atoms. The first-order chi connectivity index (χ1) is 25.6. The van der Waals surface area contributed by atoms with E-state index in [1.807, 2.05) is 121 Å². The molecule has 0 radical (unpaired) electrons. The van der Waals surface area contributed by atoms with Crippen LogP contribution in [-0.2, 0) is 45.4 Å². The summed E-state index contributed by atoms with van der Waals surface area (Å²) in [4.78, 5) is 32.9. The van der Waals surface area contributed by atoms with Gasteiger partial charge in [-0.1, -0.05) is 139 Å². The van der Waals surface area contributed by atoms with Crippen molar-refractivity contribution in [2.75, 3.05) is 0 Å². The molecule has 0 N–H and O–H groups in total. The number of nitrogens with zero attached hydrogens (tertiary/aromatic N) is 4. The van der Waals surface area contributed by atoms with Crippen molar-refractivity contribution in [1.29, 1.82) is 0 Å². The molecule has 1 fully saturated rings. The third-order valence-corrected chi connectivity index (χ3v) is 9.44. The van der Waals surface area contributed by atoms with Crippen LogP contribution in [0, 0.1) is 0 Å². The van der Waals surface area contributed by atoms with Crippen molar-refractivity contribution < 1.29 is 28.5 Å². The highest BCUT2D eigenvalue weighted by molar-refractivity contribution is 6.21. The molecule has 5 aromatic carbocycles. The Morgan fingerprint density at radius 1 is 0.481 bits per heavy atom. The second-order valence-corrected chi connectivity index (χ2v) is 12.8. The SMILES string of the molecule is [N-]=[N+]=N[C@H]1[C@H](OCc2ccccc2)[C@@H](OCc2ccccc2)[C@H](OCc2ccccc2)[C@@H](OCc2ccccc2)[C@H]1N1C(=O)c2ccccc2C1=O. The first-order valence-electron chi connectivity index (χ1n) is 17.3. The highest BCUT2D eigenvalue weighted by atomic mass is 16.6. The summed E-state index contributed by atoms with van der Waals surface area (Å²) in [6.45, 7) is 0.631.